The molecule has 3 nitrogen and oxygen atoms in total. The second-order valence-corrected chi connectivity index (χ2v) is 5.69. The zero-order chi connectivity index (χ0) is 14.8. The fourth-order valence-electron chi connectivity index (χ4n) is 2.11. The van der Waals surface area contributed by atoms with Crippen LogP contribution in [0, 0.1) is 6.92 Å². The maximum absolute atomic E-state index is 12.1. The Balaban J connectivity index is 1.74. The molecule has 0 saturated carbocycles. The van der Waals surface area contributed by atoms with Crippen LogP contribution in [0.25, 0.3) is 11.0 Å². The number of rotatable bonds is 4. The molecule has 0 atom stereocenters. The van der Waals surface area contributed by atoms with E-state index in [0.29, 0.717) is 17.1 Å². The summed E-state index contributed by atoms with van der Waals surface area (Å²) in [5.41, 5.74) is 1.68. The van der Waals surface area contributed by atoms with Crippen molar-refractivity contribution in [3.63, 3.8) is 0 Å². The van der Waals surface area contributed by atoms with Crippen LogP contribution in [0.15, 0.2) is 57.4 Å². The molecular formula is C17H13BrO3. The number of hydrogen-bond acceptors (Lipinski definition) is 3. The highest BCUT2D eigenvalue weighted by Crippen LogP contribution is 2.23. The molecule has 0 amide bonds. The lowest BCUT2D eigenvalue weighted by molar-refractivity contribution is 0.0895. The summed E-state index contributed by atoms with van der Waals surface area (Å²) in [6.07, 6.45) is 0. The van der Waals surface area contributed by atoms with Crippen LogP contribution in [-0.4, -0.2) is 12.4 Å². The van der Waals surface area contributed by atoms with Crippen LogP contribution in [0.5, 0.6) is 5.75 Å². The molecule has 0 aliphatic heterocycles. The number of ether oxygens (including phenoxy) is 1. The molecule has 0 N–H and O–H groups in total. The van der Waals surface area contributed by atoms with Gasteiger partial charge in [-0.1, -0.05) is 34.1 Å². The first-order chi connectivity index (χ1) is 10.1. The van der Waals surface area contributed by atoms with Gasteiger partial charge >= 0.3 is 0 Å². The summed E-state index contributed by atoms with van der Waals surface area (Å²) in [5.74, 6) is 0.849. The quantitative estimate of drug-likeness (QED) is 0.640. The Morgan fingerprint density at radius 3 is 2.76 bits per heavy atom. The van der Waals surface area contributed by atoms with Gasteiger partial charge in [-0.2, -0.15) is 0 Å². The third-order valence-corrected chi connectivity index (χ3v) is 3.69. The smallest absolute Gasteiger partial charge is 0.235 e. The van der Waals surface area contributed by atoms with Crippen molar-refractivity contribution in [2.24, 2.45) is 0 Å². The minimum absolute atomic E-state index is 0.0394. The molecule has 21 heavy (non-hydrogen) atoms. The van der Waals surface area contributed by atoms with E-state index in [1.165, 1.54) is 0 Å². The Bertz CT molecular complexity index is 772. The highest BCUT2D eigenvalue weighted by molar-refractivity contribution is 9.10. The van der Waals surface area contributed by atoms with Crippen molar-refractivity contribution in [3.05, 3.63) is 64.3 Å². The van der Waals surface area contributed by atoms with Crippen molar-refractivity contribution < 1.29 is 13.9 Å². The molecule has 0 unspecified atom stereocenters. The predicted octanol–water partition coefficient (Wildman–Crippen LogP) is 4.77. The highest BCUT2D eigenvalue weighted by Gasteiger charge is 2.13. The van der Waals surface area contributed by atoms with Crippen LogP contribution < -0.4 is 4.74 Å². The van der Waals surface area contributed by atoms with E-state index in [-0.39, 0.29) is 12.4 Å². The first kappa shape index (κ1) is 13.9. The zero-order valence-electron chi connectivity index (χ0n) is 11.4. The van der Waals surface area contributed by atoms with E-state index in [9.17, 15) is 4.79 Å². The molecule has 1 heterocycles. The SMILES string of the molecule is Cc1cc(Br)ccc1OCC(=O)c1cc2ccccc2o1. The van der Waals surface area contributed by atoms with Crippen LogP contribution in [0.4, 0.5) is 0 Å². The van der Waals surface area contributed by atoms with Crippen molar-refractivity contribution >= 4 is 32.7 Å². The molecular weight excluding hydrogens is 332 g/mol. The summed E-state index contributed by atoms with van der Waals surface area (Å²) in [5, 5.41) is 0.917. The Hall–Kier alpha value is -2.07. The minimum atomic E-state index is -0.173. The molecule has 0 radical (unpaired) electrons. The van der Waals surface area contributed by atoms with Gasteiger partial charge in [-0.15, -0.1) is 0 Å². The van der Waals surface area contributed by atoms with Gasteiger partial charge in [0, 0.05) is 9.86 Å². The molecule has 0 aliphatic rings. The van der Waals surface area contributed by atoms with Crippen LogP contribution in [-0.2, 0) is 0 Å². The minimum Gasteiger partial charge on any atom is -0.485 e. The predicted molar refractivity (Wildman–Crippen MR) is 84.9 cm³/mol. The Morgan fingerprint density at radius 2 is 2.00 bits per heavy atom. The summed E-state index contributed by atoms with van der Waals surface area (Å²) in [6.45, 7) is 1.90. The topological polar surface area (TPSA) is 39.4 Å². The van der Waals surface area contributed by atoms with Crippen LogP contribution in [0.3, 0.4) is 0 Å². The van der Waals surface area contributed by atoms with E-state index in [1.807, 2.05) is 49.4 Å². The van der Waals surface area contributed by atoms with Crippen molar-refractivity contribution in [2.75, 3.05) is 6.61 Å². The molecule has 0 spiro atoms. The molecule has 0 fully saturated rings. The van der Waals surface area contributed by atoms with Gasteiger partial charge in [0.1, 0.15) is 11.3 Å². The fraction of sp³-hybridized carbons (Fsp3) is 0.118. The number of ketones is 1. The number of Topliss-reactive ketones (excluding diaryl/α,β-unsaturated/α-hetero) is 1. The first-order valence-electron chi connectivity index (χ1n) is 6.54. The third kappa shape index (κ3) is 3.00. The number of hydrogen-bond donors (Lipinski definition) is 0. The summed E-state index contributed by atoms with van der Waals surface area (Å²) in [7, 11) is 0. The fourth-order valence-corrected chi connectivity index (χ4v) is 2.58. The van der Waals surface area contributed by atoms with Gasteiger partial charge in [-0.05, 0) is 42.8 Å². The Morgan fingerprint density at radius 1 is 1.19 bits per heavy atom. The highest BCUT2D eigenvalue weighted by atomic mass is 79.9. The molecule has 0 aliphatic carbocycles. The average Bonchev–Trinajstić information content (AvgIpc) is 2.90. The number of halogens is 1. The van der Waals surface area contributed by atoms with Gasteiger partial charge in [-0.3, -0.25) is 4.79 Å². The van der Waals surface area contributed by atoms with Gasteiger partial charge in [0.05, 0.1) is 0 Å². The van der Waals surface area contributed by atoms with Gasteiger partial charge in [0.15, 0.2) is 12.4 Å². The van der Waals surface area contributed by atoms with Crippen LogP contribution in [0.2, 0.25) is 0 Å². The summed E-state index contributed by atoms with van der Waals surface area (Å²) < 4.78 is 12.1. The lowest BCUT2D eigenvalue weighted by Gasteiger charge is -2.07. The van der Waals surface area contributed by atoms with Crippen molar-refractivity contribution in [1.29, 1.82) is 0 Å². The lowest BCUT2D eigenvalue weighted by Crippen LogP contribution is -2.11. The largest absolute Gasteiger partial charge is 0.485 e. The molecule has 0 saturated heterocycles. The van der Waals surface area contributed by atoms with Crippen molar-refractivity contribution in [2.45, 2.75) is 6.92 Å². The Kier molecular flexibility index (Phi) is 3.80. The van der Waals surface area contributed by atoms with Crippen molar-refractivity contribution in [1.82, 2.24) is 0 Å². The van der Waals surface area contributed by atoms with Gasteiger partial charge < -0.3 is 9.15 Å². The summed E-state index contributed by atoms with van der Waals surface area (Å²) in [6, 6.07) is 15.0. The molecule has 1 aromatic heterocycles. The normalized spacial score (nSPS) is 10.8. The number of benzene rings is 2. The third-order valence-electron chi connectivity index (χ3n) is 3.20. The first-order valence-corrected chi connectivity index (χ1v) is 7.33. The van der Waals surface area contributed by atoms with Crippen molar-refractivity contribution in [3.8, 4) is 5.75 Å². The van der Waals surface area contributed by atoms with Crippen LogP contribution >= 0.6 is 15.9 Å². The second kappa shape index (κ2) is 5.74. The van der Waals surface area contributed by atoms with E-state index in [4.69, 9.17) is 9.15 Å². The number of carbonyl (C=O) groups is 1. The summed E-state index contributed by atoms with van der Waals surface area (Å²) in [4.78, 5) is 12.1. The van der Waals surface area contributed by atoms with Crippen LogP contribution in [0.1, 0.15) is 16.1 Å². The van der Waals surface area contributed by atoms with Gasteiger partial charge in [0.2, 0.25) is 5.78 Å². The Labute approximate surface area is 130 Å². The molecule has 3 aromatic rings. The van der Waals surface area contributed by atoms with E-state index < -0.39 is 0 Å². The van der Waals surface area contributed by atoms with Gasteiger partial charge in [0.25, 0.3) is 0 Å². The number of carbonyl (C=O) groups excluding carboxylic acids is 1. The lowest BCUT2D eigenvalue weighted by atomic mass is 10.2. The standard InChI is InChI=1S/C17H13BrO3/c1-11-8-13(18)6-7-15(11)20-10-14(19)17-9-12-4-2-3-5-16(12)21-17/h2-9H,10H2,1H3. The molecule has 4 heteroatoms. The average molecular weight is 345 g/mol. The second-order valence-electron chi connectivity index (χ2n) is 4.77. The maximum atomic E-state index is 12.1. The number of fused-ring (bicyclic) bond motifs is 1. The monoisotopic (exact) mass is 344 g/mol. The van der Waals surface area contributed by atoms with E-state index in [0.717, 1.165) is 15.4 Å². The molecule has 106 valence electrons. The molecule has 2 aromatic carbocycles. The number of aryl methyl sites for hydroxylation is 1. The zero-order valence-corrected chi connectivity index (χ0v) is 13.0. The van der Waals surface area contributed by atoms with Gasteiger partial charge in [-0.25, -0.2) is 0 Å². The van der Waals surface area contributed by atoms with E-state index in [1.54, 1.807) is 6.07 Å². The number of para-hydroxylation sites is 1. The van der Waals surface area contributed by atoms with E-state index >= 15 is 0 Å². The molecule has 0 bridgehead atoms. The number of furan rings is 1. The van der Waals surface area contributed by atoms with E-state index in [2.05, 4.69) is 15.9 Å². The molecule has 3 rings (SSSR count). The summed E-state index contributed by atoms with van der Waals surface area (Å²) >= 11 is 3.40. The maximum Gasteiger partial charge on any atom is 0.235 e.